The topological polar surface area (TPSA) is 89.0 Å². The van der Waals surface area contributed by atoms with Crippen molar-refractivity contribution in [1.82, 2.24) is 9.97 Å². The molecule has 2 aromatic carbocycles. The fraction of sp³-hybridized carbons (Fsp3) is 0.0625. The monoisotopic (exact) mass is 327 g/mol. The molecule has 1 N–H and O–H groups in total. The van der Waals surface area contributed by atoms with Crippen molar-refractivity contribution in [2.75, 3.05) is 11.1 Å². The minimum Gasteiger partial charge on any atom is -0.294 e. The lowest BCUT2D eigenvalue weighted by Crippen LogP contribution is -2.23. The molecule has 0 aliphatic rings. The molecule has 0 aliphatic heterocycles. The first-order valence-corrected chi connectivity index (χ1v) is 8.48. The maximum Gasteiger partial charge on any atom is 0.242 e. The van der Waals surface area contributed by atoms with E-state index in [4.69, 9.17) is 0 Å². The molecule has 3 aromatic rings. The van der Waals surface area contributed by atoms with Crippen molar-refractivity contribution in [1.29, 1.82) is 0 Å². The predicted octanol–water partition coefficient (Wildman–Crippen LogP) is 2.04. The zero-order valence-electron chi connectivity index (χ0n) is 12.0. The van der Waals surface area contributed by atoms with Gasteiger partial charge in [0.1, 0.15) is 5.75 Å². The summed E-state index contributed by atoms with van der Waals surface area (Å²) in [6.45, 7) is 0. The van der Waals surface area contributed by atoms with Crippen LogP contribution in [-0.2, 0) is 14.6 Å². The van der Waals surface area contributed by atoms with Crippen LogP contribution in [0.2, 0.25) is 0 Å². The first kappa shape index (κ1) is 15.1. The molecule has 0 atom stereocenters. The van der Waals surface area contributed by atoms with Crippen LogP contribution in [0.15, 0.2) is 65.8 Å². The van der Waals surface area contributed by atoms with Crippen molar-refractivity contribution >= 4 is 32.5 Å². The Hall–Kier alpha value is -2.80. The average Bonchev–Trinajstić information content (AvgIpc) is 2.54. The van der Waals surface area contributed by atoms with E-state index in [-0.39, 0.29) is 10.8 Å². The molecule has 0 spiro atoms. The number of fused-ring (bicyclic) bond motifs is 1. The molecule has 0 radical (unpaired) electrons. The number of rotatable bonds is 4. The van der Waals surface area contributed by atoms with Crippen LogP contribution in [0.5, 0.6) is 0 Å². The van der Waals surface area contributed by atoms with Gasteiger partial charge >= 0.3 is 0 Å². The fourth-order valence-corrected chi connectivity index (χ4v) is 3.31. The maximum absolute atomic E-state index is 12.4. The third kappa shape index (κ3) is 3.51. The second-order valence-corrected chi connectivity index (χ2v) is 6.88. The van der Waals surface area contributed by atoms with Crippen LogP contribution in [0.1, 0.15) is 0 Å². The molecule has 0 saturated carbocycles. The molecular weight excluding hydrogens is 314 g/mol. The Morgan fingerprint density at radius 2 is 1.65 bits per heavy atom. The van der Waals surface area contributed by atoms with Crippen LogP contribution in [0.3, 0.4) is 0 Å². The first-order valence-electron chi connectivity index (χ1n) is 6.83. The Morgan fingerprint density at radius 3 is 2.39 bits per heavy atom. The number of nitrogens with one attached hydrogen (secondary N) is 1. The van der Waals surface area contributed by atoms with Gasteiger partial charge in [-0.15, -0.1) is 0 Å². The zero-order valence-corrected chi connectivity index (χ0v) is 12.8. The SMILES string of the molecule is O=C(CS(=O)(=O)c1ccc2ccccc2c1)Nc1ncccn1. The Kier molecular flexibility index (Phi) is 4.03. The smallest absolute Gasteiger partial charge is 0.242 e. The molecule has 0 aliphatic carbocycles. The van der Waals surface area contributed by atoms with E-state index in [9.17, 15) is 13.2 Å². The number of hydrogen-bond donors (Lipinski definition) is 1. The van der Waals surface area contributed by atoms with Gasteiger partial charge in [0.2, 0.25) is 11.9 Å². The molecular formula is C16H13N3O3S. The van der Waals surface area contributed by atoms with Crippen LogP contribution < -0.4 is 5.32 Å². The average molecular weight is 327 g/mol. The van der Waals surface area contributed by atoms with Crippen molar-refractivity contribution in [3.8, 4) is 0 Å². The number of carbonyl (C=O) groups is 1. The number of carbonyl (C=O) groups excluding carboxylic acids is 1. The molecule has 23 heavy (non-hydrogen) atoms. The molecule has 1 amide bonds. The van der Waals surface area contributed by atoms with Crippen LogP contribution >= 0.6 is 0 Å². The number of nitrogens with zero attached hydrogens (tertiary/aromatic N) is 2. The lowest BCUT2D eigenvalue weighted by Gasteiger charge is -2.06. The van der Waals surface area contributed by atoms with Crippen molar-refractivity contribution in [2.24, 2.45) is 0 Å². The first-order chi connectivity index (χ1) is 11.0. The summed E-state index contributed by atoms with van der Waals surface area (Å²) < 4.78 is 24.7. The molecule has 0 unspecified atom stereocenters. The third-order valence-electron chi connectivity index (χ3n) is 3.22. The molecule has 3 rings (SSSR count). The number of benzene rings is 2. The summed E-state index contributed by atoms with van der Waals surface area (Å²) in [5.74, 6) is -1.26. The maximum atomic E-state index is 12.4. The standard InChI is InChI=1S/C16H13N3O3S/c20-15(19-16-17-8-3-9-18-16)11-23(21,22)14-7-6-12-4-1-2-5-13(12)10-14/h1-10H,11H2,(H,17,18,19,20). The fourth-order valence-electron chi connectivity index (χ4n) is 2.14. The number of hydrogen-bond acceptors (Lipinski definition) is 5. The Balaban J connectivity index is 1.81. The van der Waals surface area contributed by atoms with Gasteiger partial charge in [0.05, 0.1) is 4.90 Å². The van der Waals surface area contributed by atoms with Crippen molar-refractivity contribution in [2.45, 2.75) is 4.90 Å². The van der Waals surface area contributed by atoms with E-state index in [0.717, 1.165) is 10.8 Å². The zero-order chi connectivity index (χ0) is 16.3. The second kappa shape index (κ2) is 6.13. The molecule has 6 nitrogen and oxygen atoms in total. The van der Waals surface area contributed by atoms with E-state index in [1.165, 1.54) is 18.5 Å². The number of aromatic nitrogens is 2. The minimum atomic E-state index is -3.74. The summed E-state index contributed by atoms with van der Waals surface area (Å²) in [6, 6.07) is 13.8. The van der Waals surface area contributed by atoms with Crippen LogP contribution in [0.25, 0.3) is 10.8 Å². The van der Waals surface area contributed by atoms with E-state index >= 15 is 0 Å². The van der Waals surface area contributed by atoms with Crippen molar-refractivity contribution < 1.29 is 13.2 Å². The number of anilines is 1. The van der Waals surface area contributed by atoms with Gasteiger partial charge in [-0.25, -0.2) is 18.4 Å². The minimum absolute atomic E-state index is 0.0752. The third-order valence-corrected chi connectivity index (χ3v) is 4.83. The van der Waals surface area contributed by atoms with E-state index < -0.39 is 21.5 Å². The Bertz CT molecular complexity index is 956. The summed E-state index contributed by atoms with van der Waals surface area (Å²) in [4.78, 5) is 19.7. The van der Waals surface area contributed by atoms with E-state index in [0.29, 0.717) is 0 Å². The van der Waals surface area contributed by atoms with Crippen LogP contribution in [0, 0.1) is 0 Å². The summed E-state index contributed by atoms with van der Waals surface area (Å²) in [5.41, 5.74) is 0. The van der Waals surface area contributed by atoms with Crippen LogP contribution in [0.4, 0.5) is 5.95 Å². The van der Waals surface area contributed by atoms with E-state index in [1.54, 1.807) is 18.2 Å². The number of amides is 1. The Morgan fingerprint density at radius 1 is 0.957 bits per heavy atom. The molecule has 7 heteroatoms. The largest absolute Gasteiger partial charge is 0.294 e. The molecule has 116 valence electrons. The second-order valence-electron chi connectivity index (χ2n) is 4.89. The van der Waals surface area contributed by atoms with Gasteiger partial charge in [-0.2, -0.15) is 0 Å². The molecule has 0 saturated heterocycles. The van der Waals surface area contributed by atoms with Crippen molar-refractivity contribution in [3.63, 3.8) is 0 Å². The summed E-state index contributed by atoms with van der Waals surface area (Å²) >= 11 is 0. The quantitative estimate of drug-likeness (QED) is 0.792. The predicted molar refractivity (Wildman–Crippen MR) is 86.7 cm³/mol. The van der Waals surface area contributed by atoms with Gasteiger partial charge in [-0.3, -0.25) is 10.1 Å². The van der Waals surface area contributed by atoms with Gasteiger partial charge in [0.25, 0.3) is 0 Å². The van der Waals surface area contributed by atoms with Crippen LogP contribution in [-0.4, -0.2) is 30.0 Å². The summed E-state index contributed by atoms with van der Waals surface area (Å²) in [5, 5.41) is 4.11. The van der Waals surface area contributed by atoms with Gasteiger partial charge in [0, 0.05) is 12.4 Å². The van der Waals surface area contributed by atoms with Crippen molar-refractivity contribution in [3.05, 3.63) is 60.9 Å². The lowest BCUT2D eigenvalue weighted by molar-refractivity contribution is -0.113. The van der Waals surface area contributed by atoms with Gasteiger partial charge in [-0.1, -0.05) is 30.3 Å². The molecule has 1 heterocycles. The molecule has 1 aromatic heterocycles. The highest BCUT2D eigenvalue weighted by atomic mass is 32.2. The molecule has 0 bridgehead atoms. The lowest BCUT2D eigenvalue weighted by atomic mass is 10.1. The molecule has 0 fully saturated rings. The van der Waals surface area contributed by atoms with Gasteiger partial charge in [0.15, 0.2) is 9.84 Å². The van der Waals surface area contributed by atoms with E-state index in [2.05, 4.69) is 15.3 Å². The van der Waals surface area contributed by atoms with E-state index in [1.807, 2.05) is 24.3 Å². The highest BCUT2D eigenvalue weighted by Crippen LogP contribution is 2.20. The van der Waals surface area contributed by atoms with Gasteiger partial charge in [-0.05, 0) is 29.0 Å². The number of sulfone groups is 1. The highest BCUT2D eigenvalue weighted by Gasteiger charge is 2.20. The summed E-state index contributed by atoms with van der Waals surface area (Å²) in [7, 11) is -3.74. The highest BCUT2D eigenvalue weighted by molar-refractivity contribution is 7.92. The summed E-state index contributed by atoms with van der Waals surface area (Å²) in [6.07, 6.45) is 2.92. The normalized spacial score (nSPS) is 11.3. The van der Waals surface area contributed by atoms with Gasteiger partial charge < -0.3 is 0 Å². The Labute approximate surface area is 133 Å².